The highest BCUT2D eigenvalue weighted by Gasteiger charge is 2.32. The van der Waals surface area contributed by atoms with Crippen LogP contribution in [0.15, 0.2) is 42.5 Å². The first-order chi connectivity index (χ1) is 12.8. The van der Waals surface area contributed by atoms with Gasteiger partial charge in [0.05, 0.1) is 0 Å². The van der Waals surface area contributed by atoms with Gasteiger partial charge in [-0.05, 0) is 80.6 Å². The number of halogens is 1. The lowest BCUT2D eigenvalue weighted by Gasteiger charge is -2.24. The van der Waals surface area contributed by atoms with Gasteiger partial charge in [0.2, 0.25) is 0 Å². The lowest BCUT2D eigenvalue weighted by atomic mass is 10.1. The van der Waals surface area contributed by atoms with Gasteiger partial charge in [-0.2, -0.15) is 0 Å². The maximum Gasteiger partial charge on any atom is 0.350 e. The van der Waals surface area contributed by atoms with Crippen molar-refractivity contribution in [1.29, 1.82) is 0 Å². The number of carbonyl (C=O) groups excluding carboxylic acids is 2. The molecule has 0 unspecified atom stereocenters. The summed E-state index contributed by atoms with van der Waals surface area (Å²) in [6, 6.07) is 11.1. The summed E-state index contributed by atoms with van der Waals surface area (Å²) < 4.78 is 23.6. The van der Waals surface area contributed by atoms with Crippen molar-refractivity contribution in [3.8, 4) is 5.75 Å². The summed E-state index contributed by atoms with van der Waals surface area (Å²) in [6.07, 6.45) is 3.22. The van der Waals surface area contributed by atoms with E-state index in [9.17, 15) is 14.0 Å². The highest BCUT2D eigenvalue weighted by molar-refractivity contribution is 5.93. The SMILES string of the molecule is CC(C)(Oc1ccc(F)cc1)C(=O)OCC(=O)Nc1ccc2c(c1)CCC2. The zero-order chi connectivity index (χ0) is 19.4. The Labute approximate surface area is 157 Å². The third kappa shape index (κ3) is 4.84. The fraction of sp³-hybridized carbons (Fsp3) is 0.333. The minimum Gasteiger partial charge on any atom is -0.476 e. The second-order valence-electron chi connectivity index (χ2n) is 7.03. The molecule has 0 aliphatic heterocycles. The molecule has 0 fully saturated rings. The van der Waals surface area contributed by atoms with Crippen LogP contribution in [0.3, 0.4) is 0 Å². The molecule has 0 radical (unpaired) electrons. The quantitative estimate of drug-likeness (QED) is 0.787. The van der Waals surface area contributed by atoms with Gasteiger partial charge in [0.25, 0.3) is 5.91 Å². The van der Waals surface area contributed by atoms with Crippen molar-refractivity contribution >= 4 is 17.6 Å². The summed E-state index contributed by atoms with van der Waals surface area (Å²) in [7, 11) is 0. The maximum absolute atomic E-state index is 12.9. The number of benzene rings is 2. The van der Waals surface area contributed by atoms with Gasteiger partial charge in [-0.15, -0.1) is 0 Å². The number of ether oxygens (including phenoxy) is 2. The zero-order valence-electron chi connectivity index (χ0n) is 15.4. The normalized spacial score (nSPS) is 13.0. The molecule has 0 spiro atoms. The van der Waals surface area contributed by atoms with Crippen LogP contribution < -0.4 is 10.1 Å². The van der Waals surface area contributed by atoms with Crippen molar-refractivity contribution in [2.45, 2.75) is 38.7 Å². The Morgan fingerprint density at radius 1 is 1.07 bits per heavy atom. The Kier molecular flexibility index (Phi) is 5.44. The van der Waals surface area contributed by atoms with Crippen LogP contribution >= 0.6 is 0 Å². The van der Waals surface area contributed by atoms with Crippen molar-refractivity contribution in [1.82, 2.24) is 0 Å². The van der Waals surface area contributed by atoms with E-state index in [0.717, 1.165) is 19.3 Å². The molecule has 2 aromatic rings. The number of carbonyl (C=O) groups is 2. The van der Waals surface area contributed by atoms with E-state index < -0.39 is 29.9 Å². The van der Waals surface area contributed by atoms with Crippen molar-refractivity contribution in [2.75, 3.05) is 11.9 Å². The number of hydrogen-bond acceptors (Lipinski definition) is 4. The molecule has 1 aliphatic rings. The summed E-state index contributed by atoms with van der Waals surface area (Å²) in [5, 5.41) is 2.74. The molecule has 0 saturated heterocycles. The Balaban J connectivity index is 1.51. The van der Waals surface area contributed by atoms with E-state index in [1.807, 2.05) is 18.2 Å². The molecule has 0 heterocycles. The summed E-state index contributed by atoms with van der Waals surface area (Å²) in [5.41, 5.74) is 1.95. The molecule has 1 amide bonds. The number of nitrogens with one attached hydrogen (secondary N) is 1. The molecule has 3 rings (SSSR count). The van der Waals surface area contributed by atoms with Crippen LogP contribution in [0.1, 0.15) is 31.4 Å². The standard InChI is InChI=1S/C21H22FNO4/c1-21(2,27-18-10-7-16(22)8-11-18)20(25)26-13-19(24)23-17-9-6-14-4-3-5-15(14)12-17/h6-12H,3-5,13H2,1-2H3,(H,23,24). The van der Waals surface area contributed by atoms with E-state index in [4.69, 9.17) is 9.47 Å². The number of amides is 1. The van der Waals surface area contributed by atoms with Crippen LogP contribution in [-0.2, 0) is 27.2 Å². The molecule has 0 aromatic heterocycles. The fourth-order valence-corrected chi connectivity index (χ4v) is 2.99. The zero-order valence-corrected chi connectivity index (χ0v) is 15.4. The van der Waals surface area contributed by atoms with E-state index >= 15 is 0 Å². The number of esters is 1. The molecule has 6 heteroatoms. The van der Waals surface area contributed by atoms with E-state index in [1.54, 1.807) is 0 Å². The summed E-state index contributed by atoms with van der Waals surface area (Å²) >= 11 is 0. The van der Waals surface area contributed by atoms with Gasteiger partial charge in [0.1, 0.15) is 11.6 Å². The Morgan fingerprint density at radius 3 is 2.52 bits per heavy atom. The van der Waals surface area contributed by atoms with Gasteiger partial charge in [0, 0.05) is 5.69 Å². The van der Waals surface area contributed by atoms with Gasteiger partial charge in [0.15, 0.2) is 12.2 Å². The minimum absolute atomic E-state index is 0.334. The van der Waals surface area contributed by atoms with Crippen LogP contribution in [0.5, 0.6) is 5.75 Å². The topological polar surface area (TPSA) is 64.6 Å². The smallest absolute Gasteiger partial charge is 0.350 e. The second-order valence-corrected chi connectivity index (χ2v) is 7.03. The van der Waals surface area contributed by atoms with Gasteiger partial charge in [-0.3, -0.25) is 4.79 Å². The van der Waals surface area contributed by atoms with E-state index in [0.29, 0.717) is 11.4 Å². The van der Waals surface area contributed by atoms with Gasteiger partial charge >= 0.3 is 5.97 Å². The van der Waals surface area contributed by atoms with Gasteiger partial charge in [-0.25, -0.2) is 9.18 Å². The Bertz CT molecular complexity index is 846. The first-order valence-electron chi connectivity index (χ1n) is 8.87. The summed E-state index contributed by atoms with van der Waals surface area (Å²) in [5.74, 6) is -1.17. The lowest BCUT2D eigenvalue weighted by molar-refractivity contribution is -0.161. The van der Waals surface area contributed by atoms with E-state index in [2.05, 4.69) is 5.32 Å². The highest BCUT2D eigenvalue weighted by atomic mass is 19.1. The van der Waals surface area contributed by atoms with Crippen LogP contribution in [0.2, 0.25) is 0 Å². The van der Waals surface area contributed by atoms with E-state index in [-0.39, 0.29) is 0 Å². The van der Waals surface area contributed by atoms with Crippen molar-refractivity contribution in [3.05, 3.63) is 59.4 Å². The van der Waals surface area contributed by atoms with Gasteiger partial charge < -0.3 is 14.8 Å². The molecule has 5 nitrogen and oxygen atoms in total. The predicted octanol–water partition coefficient (Wildman–Crippen LogP) is 3.65. The molecular weight excluding hydrogens is 349 g/mol. The summed E-state index contributed by atoms with van der Waals surface area (Å²) in [4.78, 5) is 24.3. The first kappa shape index (κ1) is 18.9. The number of rotatable bonds is 6. The van der Waals surface area contributed by atoms with Crippen LogP contribution in [-0.4, -0.2) is 24.1 Å². The first-order valence-corrected chi connectivity index (χ1v) is 8.87. The maximum atomic E-state index is 12.9. The van der Waals surface area contributed by atoms with Crippen molar-refractivity contribution in [3.63, 3.8) is 0 Å². The molecule has 0 atom stereocenters. The molecule has 0 saturated carbocycles. The van der Waals surface area contributed by atoms with Crippen LogP contribution in [0.25, 0.3) is 0 Å². The number of anilines is 1. The molecule has 142 valence electrons. The fourth-order valence-electron chi connectivity index (χ4n) is 2.99. The average Bonchev–Trinajstić information content (AvgIpc) is 3.09. The second kappa shape index (κ2) is 7.78. The largest absolute Gasteiger partial charge is 0.476 e. The monoisotopic (exact) mass is 371 g/mol. The number of aryl methyl sites for hydroxylation is 2. The van der Waals surface area contributed by atoms with Crippen molar-refractivity contribution < 1.29 is 23.5 Å². The predicted molar refractivity (Wildman–Crippen MR) is 99.2 cm³/mol. The highest BCUT2D eigenvalue weighted by Crippen LogP contribution is 2.25. The molecule has 2 aromatic carbocycles. The molecule has 1 N–H and O–H groups in total. The van der Waals surface area contributed by atoms with Gasteiger partial charge in [-0.1, -0.05) is 6.07 Å². The molecule has 0 bridgehead atoms. The third-order valence-electron chi connectivity index (χ3n) is 4.39. The van der Waals surface area contributed by atoms with Crippen LogP contribution in [0.4, 0.5) is 10.1 Å². The molecule has 27 heavy (non-hydrogen) atoms. The number of hydrogen-bond donors (Lipinski definition) is 1. The van der Waals surface area contributed by atoms with Crippen molar-refractivity contribution in [2.24, 2.45) is 0 Å². The van der Waals surface area contributed by atoms with Crippen LogP contribution in [0, 0.1) is 5.82 Å². The molecule has 1 aliphatic carbocycles. The minimum atomic E-state index is -1.31. The average molecular weight is 371 g/mol. The number of fused-ring (bicyclic) bond motifs is 1. The summed E-state index contributed by atoms with van der Waals surface area (Å²) in [6.45, 7) is 2.64. The Hall–Kier alpha value is -2.89. The lowest BCUT2D eigenvalue weighted by Crippen LogP contribution is -2.41. The third-order valence-corrected chi connectivity index (χ3v) is 4.39. The molecular formula is C21H22FNO4. The Morgan fingerprint density at radius 2 is 1.78 bits per heavy atom. The van der Waals surface area contributed by atoms with E-state index in [1.165, 1.54) is 49.2 Å².